The smallest absolute Gasteiger partial charge is 0.264 e. The number of hydrogen-bond donors (Lipinski definition) is 0. The van der Waals surface area contributed by atoms with Crippen molar-refractivity contribution in [3.05, 3.63) is 36.4 Å². The second-order valence-electron chi connectivity index (χ2n) is 5.19. The molecule has 0 amide bonds. The van der Waals surface area contributed by atoms with Gasteiger partial charge in [0, 0.05) is 11.8 Å². The fourth-order valence-electron chi connectivity index (χ4n) is 2.79. The van der Waals surface area contributed by atoms with Crippen LogP contribution in [0.1, 0.15) is 12.8 Å². The lowest BCUT2D eigenvalue weighted by Crippen LogP contribution is -2.32. The molecule has 2 aromatic carbocycles. The number of sulfonamides is 1. The second kappa shape index (κ2) is 5.32. The highest BCUT2D eigenvalue weighted by molar-refractivity contribution is 7.93. The van der Waals surface area contributed by atoms with E-state index in [1.54, 1.807) is 18.2 Å². The van der Waals surface area contributed by atoms with E-state index in [0.717, 1.165) is 5.39 Å². The average molecular weight is 311 g/mol. The molecule has 5 nitrogen and oxygen atoms in total. The summed E-state index contributed by atoms with van der Waals surface area (Å²) in [6.45, 7) is 0.0777. The number of anilines is 1. The van der Waals surface area contributed by atoms with Crippen LogP contribution in [0.2, 0.25) is 0 Å². The van der Waals surface area contributed by atoms with Crippen molar-refractivity contribution in [1.29, 1.82) is 10.5 Å². The zero-order valence-electron chi connectivity index (χ0n) is 11.7. The van der Waals surface area contributed by atoms with E-state index in [1.807, 2.05) is 24.3 Å². The lowest BCUT2D eigenvalue weighted by molar-refractivity contribution is 0.576. The fourth-order valence-corrected chi connectivity index (χ4v) is 4.55. The van der Waals surface area contributed by atoms with Gasteiger partial charge in [0.2, 0.25) is 0 Å². The van der Waals surface area contributed by atoms with Crippen LogP contribution >= 0.6 is 0 Å². The Labute approximate surface area is 129 Å². The van der Waals surface area contributed by atoms with E-state index >= 15 is 0 Å². The van der Waals surface area contributed by atoms with Crippen molar-refractivity contribution < 1.29 is 8.42 Å². The lowest BCUT2D eigenvalue weighted by atomic mass is 10.0. The predicted octanol–water partition coefficient (Wildman–Crippen LogP) is 2.79. The Hall–Kier alpha value is -2.57. The van der Waals surface area contributed by atoms with Gasteiger partial charge in [0.25, 0.3) is 10.0 Å². The van der Waals surface area contributed by atoms with E-state index in [0.29, 0.717) is 17.5 Å². The summed E-state index contributed by atoms with van der Waals surface area (Å²) in [4.78, 5) is 0.289. The third-order valence-electron chi connectivity index (χ3n) is 3.85. The predicted molar refractivity (Wildman–Crippen MR) is 82.4 cm³/mol. The number of benzene rings is 2. The summed E-state index contributed by atoms with van der Waals surface area (Å²) in [5, 5.41) is 19.4. The first-order valence-corrected chi connectivity index (χ1v) is 8.34. The van der Waals surface area contributed by atoms with Gasteiger partial charge in [0.15, 0.2) is 0 Å². The van der Waals surface area contributed by atoms with E-state index in [1.165, 1.54) is 4.31 Å². The van der Waals surface area contributed by atoms with Gasteiger partial charge in [-0.1, -0.05) is 24.3 Å². The quantitative estimate of drug-likeness (QED) is 0.869. The molecule has 0 aliphatic carbocycles. The number of hydrogen-bond acceptors (Lipinski definition) is 4. The minimum absolute atomic E-state index is 0.0777. The van der Waals surface area contributed by atoms with Crippen molar-refractivity contribution in [2.24, 2.45) is 5.92 Å². The highest BCUT2D eigenvalue weighted by atomic mass is 32.2. The molecule has 0 aromatic heterocycles. The topological polar surface area (TPSA) is 85.0 Å². The molecule has 2 aromatic rings. The van der Waals surface area contributed by atoms with Crippen LogP contribution in [-0.2, 0) is 10.0 Å². The zero-order chi connectivity index (χ0) is 15.7. The maximum Gasteiger partial charge on any atom is 0.265 e. The van der Waals surface area contributed by atoms with Crippen molar-refractivity contribution >= 4 is 26.5 Å². The Morgan fingerprint density at radius 1 is 1.14 bits per heavy atom. The highest BCUT2D eigenvalue weighted by Gasteiger charge is 2.36. The molecule has 1 aliphatic heterocycles. The van der Waals surface area contributed by atoms with Gasteiger partial charge in [-0.3, -0.25) is 4.31 Å². The van der Waals surface area contributed by atoms with Gasteiger partial charge in [-0.25, -0.2) is 8.42 Å². The van der Waals surface area contributed by atoms with Gasteiger partial charge in [-0.2, -0.15) is 10.5 Å². The van der Waals surface area contributed by atoms with Gasteiger partial charge in [0.05, 0.1) is 35.2 Å². The molecule has 0 bridgehead atoms. The first kappa shape index (κ1) is 14.4. The van der Waals surface area contributed by atoms with Crippen LogP contribution in [0, 0.1) is 28.6 Å². The standard InChI is InChI=1S/C16H13N3O2S/c17-9-3-4-12(10-18)11-19-14-7-1-5-13-6-2-8-15(16(13)14)22(19,20)21/h1-2,5-8,12H,3-4,11H2/t12-/m0/s1. The molecule has 3 rings (SSSR count). The van der Waals surface area contributed by atoms with E-state index in [9.17, 15) is 13.7 Å². The molecule has 1 heterocycles. The van der Waals surface area contributed by atoms with E-state index in [-0.39, 0.29) is 17.9 Å². The molecule has 0 saturated heterocycles. The first-order chi connectivity index (χ1) is 10.6. The molecule has 0 unspecified atom stereocenters. The number of nitriles is 2. The van der Waals surface area contributed by atoms with Crippen LogP contribution in [0.3, 0.4) is 0 Å². The van der Waals surface area contributed by atoms with Crippen LogP contribution in [0.5, 0.6) is 0 Å². The van der Waals surface area contributed by atoms with Gasteiger partial charge < -0.3 is 0 Å². The van der Waals surface area contributed by atoms with Crippen LogP contribution in [-0.4, -0.2) is 15.0 Å². The second-order valence-corrected chi connectivity index (χ2v) is 7.02. The Morgan fingerprint density at radius 3 is 2.55 bits per heavy atom. The van der Waals surface area contributed by atoms with Crippen LogP contribution in [0.4, 0.5) is 5.69 Å². The van der Waals surface area contributed by atoms with Crippen molar-refractivity contribution in [3.8, 4) is 12.1 Å². The molecule has 0 N–H and O–H groups in total. The molecular formula is C16H13N3O2S. The summed E-state index contributed by atoms with van der Waals surface area (Å²) in [6.07, 6.45) is 0.606. The highest BCUT2D eigenvalue weighted by Crippen LogP contribution is 2.42. The summed E-state index contributed by atoms with van der Waals surface area (Å²) in [7, 11) is -3.63. The van der Waals surface area contributed by atoms with Crippen LogP contribution in [0.15, 0.2) is 41.3 Å². The molecule has 0 spiro atoms. The molecular weight excluding hydrogens is 298 g/mol. The summed E-state index contributed by atoms with van der Waals surface area (Å²) in [6, 6.07) is 14.7. The fraction of sp³-hybridized carbons (Fsp3) is 0.250. The maximum atomic E-state index is 12.7. The maximum absolute atomic E-state index is 12.7. The average Bonchev–Trinajstić information content (AvgIpc) is 2.74. The molecule has 0 radical (unpaired) electrons. The third-order valence-corrected chi connectivity index (χ3v) is 5.68. The largest absolute Gasteiger partial charge is 0.265 e. The lowest BCUT2D eigenvalue weighted by Gasteiger charge is -2.21. The van der Waals surface area contributed by atoms with Crippen molar-refractivity contribution in [3.63, 3.8) is 0 Å². The summed E-state index contributed by atoms with van der Waals surface area (Å²) in [5.41, 5.74) is 0.616. The Morgan fingerprint density at radius 2 is 1.86 bits per heavy atom. The minimum atomic E-state index is -3.63. The van der Waals surface area contributed by atoms with Gasteiger partial charge in [-0.15, -0.1) is 0 Å². The van der Waals surface area contributed by atoms with Gasteiger partial charge in [-0.05, 0) is 23.9 Å². The third kappa shape index (κ3) is 2.09. The van der Waals surface area contributed by atoms with Crippen LogP contribution in [0.25, 0.3) is 10.8 Å². The van der Waals surface area contributed by atoms with Crippen molar-refractivity contribution in [2.75, 3.05) is 10.8 Å². The van der Waals surface area contributed by atoms with E-state index < -0.39 is 15.9 Å². The Bertz CT molecular complexity index is 917. The van der Waals surface area contributed by atoms with Crippen molar-refractivity contribution in [1.82, 2.24) is 0 Å². The molecule has 1 atom stereocenters. The first-order valence-electron chi connectivity index (χ1n) is 6.90. The summed E-state index contributed by atoms with van der Waals surface area (Å²) in [5.74, 6) is -0.501. The Balaban J connectivity index is 2.07. The molecule has 1 aliphatic rings. The Kier molecular flexibility index (Phi) is 3.48. The summed E-state index contributed by atoms with van der Waals surface area (Å²) < 4.78 is 26.8. The minimum Gasteiger partial charge on any atom is -0.264 e. The van der Waals surface area contributed by atoms with Gasteiger partial charge >= 0.3 is 0 Å². The van der Waals surface area contributed by atoms with Gasteiger partial charge in [0.1, 0.15) is 0 Å². The SMILES string of the molecule is N#CCC[C@@H](C#N)CN1c2cccc3cccc(c23)S1(=O)=O. The molecule has 0 saturated carbocycles. The van der Waals surface area contributed by atoms with E-state index in [4.69, 9.17) is 5.26 Å². The zero-order valence-corrected chi connectivity index (χ0v) is 12.5. The number of rotatable bonds is 4. The summed E-state index contributed by atoms with van der Waals surface area (Å²) >= 11 is 0. The molecule has 0 fully saturated rings. The number of nitrogens with zero attached hydrogens (tertiary/aromatic N) is 3. The normalized spacial score (nSPS) is 16.2. The van der Waals surface area contributed by atoms with Crippen molar-refractivity contribution in [2.45, 2.75) is 17.7 Å². The molecule has 6 heteroatoms. The van der Waals surface area contributed by atoms with Crippen LogP contribution < -0.4 is 4.31 Å². The molecule has 22 heavy (non-hydrogen) atoms. The molecule has 110 valence electrons. The van der Waals surface area contributed by atoms with E-state index in [2.05, 4.69) is 6.07 Å². The monoisotopic (exact) mass is 311 g/mol.